The van der Waals surface area contributed by atoms with Crippen LogP contribution >= 0.6 is 0 Å². The summed E-state index contributed by atoms with van der Waals surface area (Å²) in [6, 6.07) is 0. The molecule has 1 aliphatic carbocycles. The summed E-state index contributed by atoms with van der Waals surface area (Å²) in [5, 5.41) is 0. The largest absolute Gasteiger partial charge is 0.384 e. The number of ether oxygens (including phenoxy) is 1. The highest BCUT2D eigenvalue weighted by Gasteiger charge is 2.22. The lowest BCUT2D eigenvalue weighted by molar-refractivity contribution is 0.137. The van der Waals surface area contributed by atoms with Crippen molar-refractivity contribution in [1.82, 2.24) is 0 Å². The molecule has 0 aromatic rings. The van der Waals surface area contributed by atoms with Crippen molar-refractivity contribution < 1.29 is 4.74 Å². The molecule has 0 aromatic carbocycles. The van der Waals surface area contributed by atoms with Crippen LogP contribution in [0, 0.1) is 11.8 Å². The quantitative estimate of drug-likeness (QED) is 0.553. The summed E-state index contributed by atoms with van der Waals surface area (Å²) in [5.41, 5.74) is 0. The van der Waals surface area contributed by atoms with E-state index in [1.165, 1.54) is 19.3 Å². The first-order chi connectivity index (χ1) is 4.34. The van der Waals surface area contributed by atoms with Crippen molar-refractivity contribution in [3.05, 3.63) is 0 Å². The van der Waals surface area contributed by atoms with Crippen molar-refractivity contribution >= 4 is 0 Å². The minimum absolute atomic E-state index is 0.856. The maximum absolute atomic E-state index is 5.10. The number of rotatable bonds is 2. The Morgan fingerprint density at radius 2 is 2.22 bits per heavy atom. The van der Waals surface area contributed by atoms with E-state index < -0.39 is 0 Å². The van der Waals surface area contributed by atoms with Gasteiger partial charge in [-0.2, -0.15) is 0 Å². The average Bonchev–Trinajstić information content (AvgIpc) is 2.18. The topological polar surface area (TPSA) is 9.23 Å². The standard InChI is InChI=1S/C8H16O/c1-7-4-3-5-8(7)6-9-2/h7-8H,3-6H2,1-2H3/t7-,8+/m0/s1. The number of methoxy groups -OCH3 is 1. The van der Waals surface area contributed by atoms with Gasteiger partial charge in [-0.15, -0.1) is 0 Å². The summed E-state index contributed by atoms with van der Waals surface area (Å²) in [7, 11) is 1.80. The minimum Gasteiger partial charge on any atom is -0.384 e. The van der Waals surface area contributed by atoms with E-state index in [1.807, 2.05) is 0 Å². The Kier molecular flexibility index (Phi) is 2.52. The molecule has 0 spiro atoms. The summed E-state index contributed by atoms with van der Waals surface area (Å²) in [4.78, 5) is 0. The van der Waals surface area contributed by atoms with Gasteiger partial charge in [0.2, 0.25) is 0 Å². The molecular formula is C8H16O. The molecule has 0 saturated heterocycles. The molecule has 0 unspecified atom stereocenters. The van der Waals surface area contributed by atoms with Crippen LogP contribution in [-0.4, -0.2) is 13.7 Å². The van der Waals surface area contributed by atoms with Gasteiger partial charge in [-0.05, 0) is 18.3 Å². The van der Waals surface area contributed by atoms with Crippen LogP contribution < -0.4 is 0 Å². The monoisotopic (exact) mass is 128 g/mol. The fraction of sp³-hybridized carbons (Fsp3) is 1.00. The zero-order valence-corrected chi connectivity index (χ0v) is 6.39. The van der Waals surface area contributed by atoms with Gasteiger partial charge in [0, 0.05) is 13.7 Å². The van der Waals surface area contributed by atoms with Crippen LogP contribution in [0.1, 0.15) is 26.2 Å². The third-order valence-electron chi connectivity index (χ3n) is 2.42. The molecule has 0 amide bonds. The Morgan fingerprint density at radius 1 is 1.44 bits per heavy atom. The van der Waals surface area contributed by atoms with Crippen molar-refractivity contribution in [3.8, 4) is 0 Å². The lowest BCUT2D eigenvalue weighted by atomic mass is 10.00. The number of hydrogen-bond donors (Lipinski definition) is 0. The second-order valence-electron chi connectivity index (χ2n) is 3.12. The molecule has 1 nitrogen and oxygen atoms in total. The SMILES string of the molecule is COC[C@H]1CCC[C@@H]1C. The molecular weight excluding hydrogens is 112 g/mol. The smallest absolute Gasteiger partial charge is 0.0493 e. The Hall–Kier alpha value is -0.0400. The zero-order valence-electron chi connectivity index (χ0n) is 6.39. The van der Waals surface area contributed by atoms with Gasteiger partial charge in [-0.3, -0.25) is 0 Å². The molecule has 1 heteroatoms. The number of hydrogen-bond acceptors (Lipinski definition) is 1. The molecule has 0 heterocycles. The Bertz CT molecular complexity index is 80.6. The second kappa shape index (κ2) is 3.21. The van der Waals surface area contributed by atoms with Gasteiger partial charge in [0.1, 0.15) is 0 Å². The molecule has 0 N–H and O–H groups in total. The predicted molar refractivity (Wildman–Crippen MR) is 38.4 cm³/mol. The highest BCUT2D eigenvalue weighted by atomic mass is 16.5. The summed E-state index contributed by atoms with van der Waals surface area (Å²) in [5.74, 6) is 1.76. The molecule has 0 aromatic heterocycles. The average molecular weight is 128 g/mol. The van der Waals surface area contributed by atoms with E-state index in [1.54, 1.807) is 7.11 Å². The van der Waals surface area contributed by atoms with Crippen LogP contribution in [-0.2, 0) is 4.74 Å². The fourth-order valence-electron chi connectivity index (χ4n) is 1.68. The van der Waals surface area contributed by atoms with Gasteiger partial charge in [-0.1, -0.05) is 19.8 Å². The van der Waals surface area contributed by atoms with Crippen LogP contribution in [0.3, 0.4) is 0 Å². The van der Waals surface area contributed by atoms with Crippen LogP contribution in [0.5, 0.6) is 0 Å². The van der Waals surface area contributed by atoms with Crippen LogP contribution in [0.15, 0.2) is 0 Å². The van der Waals surface area contributed by atoms with Gasteiger partial charge in [0.25, 0.3) is 0 Å². The first kappa shape index (κ1) is 7.07. The molecule has 2 atom stereocenters. The summed E-state index contributed by atoms with van der Waals surface area (Å²) >= 11 is 0. The zero-order chi connectivity index (χ0) is 6.69. The molecule has 1 rings (SSSR count). The highest BCUT2D eigenvalue weighted by Crippen LogP contribution is 2.30. The van der Waals surface area contributed by atoms with Gasteiger partial charge < -0.3 is 4.74 Å². The van der Waals surface area contributed by atoms with Crippen LogP contribution in [0.25, 0.3) is 0 Å². The Labute approximate surface area is 57.4 Å². The van der Waals surface area contributed by atoms with E-state index in [4.69, 9.17) is 4.74 Å². The Balaban J connectivity index is 2.22. The van der Waals surface area contributed by atoms with Crippen molar-refractivity contribution in [2.45, 2.75) is 26.2 Å². The minimum atomic E-state index is 0.856. The van der Waals surface area contributed by atoms with E-state index in [0.29, 0.717) is 0 Å². The third kappa shape index (κ3) is 1.68. The fourth-order valence-corrected chi connectivity index (χ4v) is 1.68. The lowest BCUT2D eigenvalue weighted by Crippen LogP contribution is -2.10. The van der Waals surface area contributed by atoms with E-state index in [9.17, 15) is 0 Å². The van der Waals surface area contributed by atoms with Crippen molar-refractivity contribution in [1.29, 1.82) is 0 Å². The van der Waals surface area contributed by atoms with E-state index in [2.05, 4.69) is 6.92 Å². The van der Waals surface area contributed by atoms with Gasteiger partial charge in [-0.25, -0.2) is 0 Å². The molecule has 1 saturated carbocycles. The van der Waals surface area contributed by atoms with E-state index in [0.717, 1.165) is 18.4 Å². The van der Waals surface area contributed by atoms with E-state index in [-0.39, 0.29) is 0 Å². The first-order valence-electron chi connectivity index (χ1n) is 3.83. The van der Waals surface area contributed by atoms with Crippen molar-refractivity contribution in [3.63, 3.8) is 0 Å². The van der Waals surface area contributed by atoms with Crippen molar-refractivity contribution in [2.24, 2.45) is 11.8 Å². The lowest BCUT2D eigenvalue weighted by Gasteiger charge is -2.12. The predicted octanol–water partition coefficient (Wildman–Crippen LogP) is 2.07. The molecule has 0 radical (unpaired) electrons. The molecule has 0 bridgehead atoms. The maximum atomic E-state index is 5.10. The van der Waals surface area contributed by atoms with Crippen molar-refractivity contribution in [2.75, 3.05) is 13.7 Å². The van der Waals surface area contributed by atoms with E-state index >= 15 is 0 Å². The van der Waals surface area contributed by atoms with Gasteiger partial charge >= 0.3 is 0 Å². The van der Waals surface area contributed by atoms with Gasteiger partial charge in [0.15, 0.2) is 0 Å². The van der Waals surface area contributed by atoms with Crippen LogP contribution in [0.4, 0.5) is 0 Å². The third-order valence-corrected chi connectivity index (χ3v) is 2.42. The normalized spacial score (nSPS) is 35.3. The first-order valence-corrected chi connectivity index (χ1v) is 3.83. The summed E-state index contributed by atoms with van der Waals surface area (Å²) in [6.45, 7) is 3.30. The van der Waals surface area contributed by atoms with Gasteiger partial charge in [0.05, 0.1) is 0 Å². The molecule has 54 valence electrons. The summed E-state index contributed by atoms with van der Waals surface area (Å²) < 4.78 is 5.10. The second-order valence-corrected chi connectivity index (χ2v) is 3.12. The summed E-state index contributed by atoms with van der Waals surface area (Å²) in [6.07, 6.45) is 4.21. The molecule has 0 aliphatic heterocycles. The molecule has 1 aliphatic rings. The Morgan fingerprint density at radius 3 is 2.67 bits per heavy atom. The van der Waals surface area contributed by atoms with Crippen LogP contribution in [0.2, 0.25) is 0 Å². The maximum Gasteiger partial charge on any atom is 0.0493 e. The molecule has 9 heavy (non-hydrogen) atoms. The highest BCUT2D eigenvalue weighted by molar-refractivity contribution is 4.73. The molecule has 1 fully saturated rings.